The van der Waals surface area contributed by atoms with Crippen molar-refractivity contribution >= 4 is 39.0 Å². The molecule has 0 saturated heterocycles. The van der Waals surface area contributed by atoms with Crippen LogP contribution in [0.15, 0.2) is 180 Å². The summed E-state index contributed by atoms with van der Waals surface area (Å²) in [6.45, 7) is 0. The van der Waals surface area contributed by atoms with Crippen molar-refractivity contribution < 1.29 is 4.42 Å². The Morgan fingerprint density at radius 1 is 0.364 bits per heavy atom. The second-order valence-corrected chi connectivity index (χ2v) is 10.9. The fourth-order valence-corrected chi connectivity index (χ4v) is 6.37. The third-order valence-electron chi connectivity index (χ3n) is 8.29. The zero-order chi connectivity index (χ0) is 29.3. The van der Waals surface area contributed by atoms with E-state index in [1.807, 2.05) is 12.1 Å². The van der Waals surface area contributed by atoms with Crippen LogP contribution in [0.3, 0.4) is 0 Å². The van der Waals surface area contributed by atoms with Gasteiger partial charge in [0, 0.05) is 16.6 Å². The van der Waals surface area contributed by atoms with Crippen LogP contribution in [0.4, 0.5) is 17.1 Å². The fourth-order valence-electron chi connectivity index (χ4n) is 6.37. The highest BCUT2D eigenvalue weighted by atomic mass is 16.3. The molecule has 0 unspecified atom stereocenters. The van der Waals surface area contributed by atoms with Crippen LogP contribution in [0.25, 0.3) is 55.3 Å². The first-order chi connectivity index (χ1) is 21.9. The molecule has 1 heterocycles. The van der Waals surface area contributed by atoms with Crippen LogP contribution in [-0.2, 0) is 0 Å². The number of fused-ring (bicyclic) bond motifs is 3. The second-order valence-electron chi connectivity index (χ2n) is 10.9. The Bertz CT molecular complexity index is 2220. The number of rotatable bonds is 6. The second kappa shape index (κ2) is 11.1. The topological polar surface area (TPSA) is 16.4 Å². The molecule has 0 aliphatic carbocycles. The summed E-state index contributed by atoms with van der Waals surface area (Å²) in [5.41, 5.74) is 12.1. The van der Waals surface area contributed by atoms with Crippen LogP contribution in [0, 0.1) is 0 Å². The highest BCUT2D eigenvalue weighted by Crippen LogP contribution is 2.49. The number of benzene rings is 7. The van der Waals surface area contributed by atoms with E-state index in [1.54, 1.807) is 0 Å². The first-order valence-electron chi connectivity index (χ1n) is 15.0. The largest absolute Gasteiger partial charge is 0.456 e. The van der Waals surface area contributed by atoms with E-state index in [0.717, 1.165) is 39.0 Å². The summed E-state index contributed by atoms with van der Waals surface area (Å²) in [6.07, 6.45) is 0. The Kier molecular flexibility index (Phi) is 6.51. The number of hydrogen-bond acceptors (Lipinski definition) is 2. The lowest BCUT2D eigenvalue weighted by molar-refractivity contribution is 0.669. The lowest BCUT2D eigenvalue weighted by atomic mass is 9.87. The maximum Gasteiger partial charge on any atom is 0.137 e. The zero-order valence-corrected chi connectivity index (χ0v) is 24.1. The van der Waals surface area contributed by atoms with Crippen LogP contribution in [0.2, 0.25) is 0 Å². The molecule has 0 bridgehead atoms. The van der Waals surface area contributed by atoms with Gasteiger partial charge in [0.05, 0.1) is 16.8 Å². The predicted octanol–water partition coefficient (Wildman–Crippen LogP) is 12.1. The molecule has 0 fully saturated rings. The van der Waals surface area contributed by atoms with E-state index in [1.165, 1.54) is 33.4 Å². The maximum atomic E-state index is 6.37. The molecule has 2 heteroatoms. The third-order valence-corrected chi connectivity index (χ3v) is 8.29. The van der Waals surface area contributed by atoms with Crippen molar-refractivity contribution in [3.05, 3.63) is 176 Å². The van der Waals surface area contributed by atoms with Gasteiger partial charge in [-0.15, -0.1) is 0 Å². The summed E-state index contributed by atoms with van der Waals surface area (Å²) in [6, 6.07) is 62.1. The smallest absolute Gasteiger partial charge is 0.137 e. The number of furan rings is 1. The molecule has 208 valence electrons. The minimum atomic E-state index is 0.870. The highest BCUT2D eigenvalue weighted by molar-refractivity contribution is 6.14. The number of anilines is 3. The molecule has 0 aliphatic heterocycles. The molecule has 8 aromatic rings. The van der Waals surface area contributed by atoms with Crippen molar-refractivity contribution in [2.45, 2.75) is 0 Å². The van der Waals surface area contributed by atoms with Crippen LogP contribution in [0.5, 0.6) is 0 Å². The standard InChI is InChI=1S/C42H29NO/c1-4-16-30(17-5-1)33-22-10-11-23-35(33)41-34(31-18-6-2-7-19-31)25-14-26-37(41)43(32-20-8-3-9-21-32)38-27-15-29-40-42(38)36-24-12-13-28-39(36)44-40/h1-29H. The van der Waals surface area contributed by atoms with Gasteiger partial charge in [-0.3, -0.25) is 0 Å². The van der Waals surface area contributed by atoms with E-state index >= 15 is 0 Å². The molecule has 2 nitrogen and oxygen atoms in total. The van der Waals surface area contributed by atoms with Crippen LogP contribution >= 0.6 is 0 Å². The summed E-state index contributed by atoms with van der Waals surface area (Å²) in [7, 11) is 0. The average molecular weight is 564 g/mol. The Morgan fingerprint density at radius 2 is 0.886 bits per heavy atom. The molecule has 0 atom stereocenters. The van der Waals surface area contributed by atoms with E-state index in [2.05, 4.69) is 169 Å². The molecule has 0 aliphatic rings. The van der Waals surface area contributed by atoms with Crippen molar-refractivity contribution in [2.24, 2.45) is 0 Å². The summed E-state index contributed by atoms with van der Waals surface area (Å²) >= 11 is 0. The van der Waals surface area contributed by atoms with E-state index < -0.39 is 0 Å². The van der Waals surface area contributed by atoms with Crippen LogP contribution in [-0.4, -0.2) is 0 Å². The molecule has 0 saturated carbocycles. The van der Waals surface area contributed by atoms with E-state index in [4.69, 9.17) is 4.42 Å². The summed E-state index contributed by atoms with van der Waals surface area (Å²) < 4.78 is 6.37. The van der Waals surface area contributed by atoms with Gasteiger partial charge in [-0.1, -0.05) is 140 Å². The van der Waals surface area contributed by atoms with Gasteiger partial charge < -0.3 is 9.32 Å². The zero-order valence-electron chi connectivity index (χ0n) is 24.1. The summed E-state index contributed by atoms with van der Waals surface area (Å²) in [5.74, 6) is 0. The van der Waals surface area contributed by atoms with Gasteiger partial charge in [0.1, 0.15) is 11.2 Å². The third kappa shape index (κ3) is 4.45. The van der Waals surface area contributed by atoms with Crippen molar-refractivity contribution in [3.63, 3.8) is 0 Å². The van der Waals surface area contributed by atoms with E-state index in [9.17, 15) is 0 Å². The molecule has 0 spiro atoms. The van der Waals surface area contributed by atoms with Gasteiger partial charge in [-0.2, -0.15) is 0 Å². The minimum Gasteiger partial charge on any atom is -0.456 e. The Morgan fingerprint density at radius 3 is 1.64 bits per heavy atom. The maximum absolute atomic E-state index is 6.37. The number of nitrogens with zero attached hydrogens (tertiary/aromatic N) is 1. The minimum absolute atomic E-state index is 0.870. The molecular weight excluding hydrogens is 534 g/mol. The van der Waals surface area contributed by atoms with Crippen molar-refractivity contribution in [1.29, 1.82) is 0 Å². The molecule has 7 aromatic carbocycles. The van der Waals surface area contributed by atoms with Gasteiger partial charge in [0.25, 0.3) is 0 Å². The molecule has 0 radical (unpaired) electrons. The van der Waals surface area contributed by atoms with Gasteiger partial charge in [0.2, 0.25) is 0 Å². The van der Waals surface area contributed by atoms with Gasteiger partial charge in [0.15, 0.2) is 0 Å². The predicted molar refractivity (Wildman–Crippen MR) is 185 cm³/mol. The van der Waals surface area contributed by atoms with Crippen LogP contribution in [0.1, 0.15) is 0 Å². The monoisotopic (exact) mass is 563 g/mol. The van der Waals surface area contributed by atoms with E-state index in [-0.39, 0.29) is 0 Å². The van der Waals surface area contributed by atoms with E-state index in [0.29, 0.717) is 0 Å². The van der Waals surface area contributed by atoms with Crippen molar-refractivity contribution in [1.82, 2.24) is 0 Å². The molecule has 1 aromatic heterocycles. The molecular formula is C42H29NO. The Labute approximate surface area is 257 Å². The first kappa shape index (κ1) is 25.8. The van der Waals surface area contributed by atoms with Gasteiger partial charge >= 0.3 is 0 Å². The Balaban J connectivity index is 1.49. The van der Waals surface area contributed by atoms with Gasteiger partial charge in [-0.25, -0.2) is 0 Å². The lowest BCUT2D eigenvalue weighted by Gasteiger charge is -2.30. The summed E-state index contributed by atoms with van der Waals surface area (Å²) in [5, 5.41) is 2.20. The molecule has 44 heavy (non-hydrogen) atoms. The van der Waals surface area contributed by atoms with Crippen LogP contribution < -0.4 is 4.90 Å². The quantitative estimate of drug-likeness (QED) is 0.200. The van der Waals surface area contributed by atoms with Crippen molar-refractivity contribution in [3.8, 4) is 33.4 Å². The SMILES string of the molecule is c1ccc(-c2ccccc2-c2c(-c3ccccc3)cccc2N(c2ccccc2)c2cccc3oc4ccccc4c23)cc1. The highest BCUT2D eigenvalue weighted by Gasteiger charge is 2.24. The fraction of sp³-hybridized carbons (Fsp3) is 0. The Hall–Kier alpha value is -5.86. The lowest BCUT2D eigenvalue weighted by Crippen LogP contribution is -2.12. The van der Waals surface area contributed by atoms with Crippen molar-refractivity contribution in [2.75, 3.05) is 4.90 Å². The molecule has 0 amide bonds. The molecule has 8 rings (SSSR count). The average Bonchev–Trinajstić information content (AvgIpc) is 3.49. The summed E-state index contributed by atoms with van der Waals surface area (Å²) in [4.78, 5) is 2.40. The first-order valence-corrected chi connectivity index (χ1v) is 15.0. The normalized spacial score (nSPS) is 11.2. The number of hydrogen-bond donors (Lipinski definition) is 0. The van der Waals surface area contributed by atoms with Gasteiger partial charge in [-0.05, 0) is 64.2 Å². The molecule has 0 N–H and O–H groups in total. The number of para-hydroxylation sites is 2.